The molecule has 2 aromatic carbocycles. The second-order valence-electron chi connectivity index (χ2n) is 7.63. The molecule has 0 saturated heterocycles. The summed E-state index contributed by atoms with van der Waals surface area (Å²) in [6, 6.07) is 22.5. The normalized spacial score (nSPS) is 13.1. The summed E-state index contributed by atoms with van der Waals surface area (Å²) in [5, 5.41) is 0. The van der Waals surface area contributed by atoms with Crippen LogP contribution in [0.25, 0.3) is 0 Å². The molecule has 0 saturated carbocycles. The summed E-state index contributed by atoms with van der Waals surface area (Å²) < 4.78 is 1.55. The van der Waals surface area contributed by atoms with Crippen LogP contribution < -0.4 is 37.2 Å². The summed E-state index contributed by atoms with van der Waals surface area (Å²) in [5.41, 5.74) is 6.10. The fourth-order valence-corrected chi connectivity index (χ4v) is 5.29. The number of allylic oxidation sites excluding steroid dienone is 4. The van der Waals surface area contributed by atoms with Crippen LogP contribution >= 0.6 is 0 Å². The number of unbranched alkanes of at least 4 members (excludes halogenated alkanes) is 2. The Morgan fingerprint density at radius 1 is 0.767 bits per heavy atom. The molecule has 30 heavy (non-hydrogen) atoms. The number of halogens is 3. The Balaban J connectivity index is 0.00000280. The van der Waals surface area contributed by atoms with E-state index in [2.05, 4.69) is 101 Å². The maximum absolute atomic E-state index is 2.51. The van der Waals surface area contributed by atoms with Crippen LogP contribution in [0.15, 0.2) is 81.8 Å². The molecular formula is C26H31Cl3Ti. The fourth-order valence-electron chi connectivity index (χ4n) is 4.45. The van der Waals surface area contributed by atoms with Crippen LogP contribution in [0, 0.1) is 0 Å². The van der Waals surface area contributed by atoms with Gasteiger partial charge in [-0.25, -0.2) is 0 Å². The van der Waals surface area contributed by atoms with Crippen molar-refractivity contribution in [2.24, 2.45) is 0 Å². The molecule has 0 aliphatic heterocycles. The molecule has 0 N–H and O–H groups in total. The van der Waals surface area contributed by atoms with Gasteiger partial charge in [-0.05, 0) is 0 Å². The first kappa shape index (κ1) is 29.5. The van der Waals surface area contributed by atoms with Crippen molar-refractivity contribution in [3.8, 4) is 0 Å². The Morgan fingerprint density at radius 3 is 1.73 bits per heavy atom. The van der Waals surface area contributed by atoms with E-state index in [0.717, 1.165) is 6.42 Å². The molecule has 0 radical (unpaired) electrons. The minimum atomic E-state index is -0.00687. The standard InChI is InChI=1S/C26H31.3ClH.Ti/c1-3-5-13-22-18-19-25(21-22)26(20-6-4-2,23-14-9-7-10-15-23)24-16-11-8-12-17-24;;;;/h7-12,14-18H,3-6,13,19-20H2,1-2H3;3*1H;/q;;;;+3/p-3. The van der Waals surface area contributed by atoms with Gasteiger partial charge in [0.2, 0.25) is 0 Å². The second kappa shape index (κ2) is 14.5. The zero-order valence-corrected chi connectivity index (χ0v) is 21.8. The van der Waals surface area contributed by atoms with Gasteiger partial charge in [-0.2, -0.15) is 0 Å². The van der Waals surface area contributed by atoms with Gasteiger partial charge in [0.15, 0.2) is 0 Å². The molecule has 0 atom stereocenters. The summed E-state index contributed by atoms with van der Waals surface area (Å²) in [6.07, 6.45) is 11.0. The molecule has 0 nitrogen and oxygen atoms in total. The summed E-state index contributed by atoms with van der Waals surface area (Å²) in [4.78, 5) is 0. The van der Waals surface area contributed by atoms with Crippen molar-refractivity contribution in [1.82, 2.24) is 0 Å². The maximum atomic E-state index is 2.51. The molecule has 0 amide bonds. The fraction of sp³-hybridized carbons (Fsp3) is 0.385. The van der Waals surface area contributed by atoms with Crippen molar-refractivity contribution >= 4 is 0 Å². The van der Waals surface area contributed by atoms with Crippen LogP contribution in [-0.4, -0.2) is 0 Å². The Bertz CT molecular complexity index is 758. The number of hydrogen-bond acceptors (Lipinski definition) is 0. The minimum Gasteiger partial charge on any atom is -1.00 e. The van der Waals surface area contributed by atoms with E-state index in [1.165, 1.54) is 49.7 Å². The first-order chi connectivity index (χ1) is 13.2. The first-order valence-corrected chi connectivity index (χ1v) is 11.3. The third-order valence-electron chi connectivity index (χ3n) is 5.93. The Kier molecular flexibility index (Phi) is 14.3. The van der Waals surface area contributed by atoms with Crippen molar-refractivity contribution in [2.45, 2.75) is 64.2 Å². The number of rotatable bonds is 9. The number of hydrogen-bond donors (Lipinski definition) is 0. The second-order valence-corrected chi connectivity index (χ2v) is 8.41. The van der Waals surface area contributed by atoms with Crippen LogP contribution in [-0.2, 0) is 25.9 Å². The molecular weight excluding hydrogens is 467 g/mol. The van der Waals surface area contributed by atoms with Gasteiger partial charge in [-0.3, -0.25) is 0 Å². The Labute approximate surface area is 213 Å². The van der Waals surface area contributed by atoms with Crippen LogP contribution in [0.5, 0.6) is 0 Å². The average molecular weight is 498 g/mol. The van der Waals surface area contributed by atoms with Crippen molar-refractivity contribution in [2.75, 3.05) is 0 Å². The summed E-state index contributed by atoms with van der Waals surface area (Å²) >= 11 is 2.37. The molecule has 3 rings (SSSR count). The zero-order chi connectivity index (χ0) is 19.1. The Hall–Kier alpha value is -0.496. The summed E-state index contributed by atoms with van der Waals surface area (Å²) in [6.45, 7) is 4.59. The van der Waals surface area contributed by atoms with Crippen molar-refractivity contribution in [1.29, 1.82) is 0 Å². The van der Waals surface area contributed by atoms with E-state index in [9.17, 15) is 0 Å². The van der Waals surface area contributed by atoms with E-state index >= 15 is 0 Å². The molecule has 4 heteroatoms. The van der Waals surface area contributed by atoms with E-state index in [1.54, 1.807) is 15.0 Å². The minimum absolute atomic E-state index is 0. The predicted octanol–water partition coefficient (Wildman–Crippen LogP) is -1.50. The molecule has 0 unspecified atom stereocenters. The third kappa shape index (κ3) is 6.27. The third-order valence-corrected chi connectivity index (χ3v) is 6.90. The molecule has 160 valence electrons. The van der Waals surface area contributed by atoms with E-state index < -0.39 is 0 Å². The van der Waals surface area contributed by atoms with Gasteiger partial charge >= 0.3 is 178 Å². The van der Waals surface area contributed by atoms with Crippen LogP contribution in [0.1, 0.15) is 69.9 Å². The van der Waals surface area contributed by atoms with Gasteiger partial charge in [0.1, 0.15) is 0 Å². The molecule has 0 fully saturated rings. The van der Waals surface area contributed by atoms with Gasteiger partial charge in [0, 0.05) is 0 Å². The van der Waals surface area contributed by atoms with Gasteiger partial charge in [0.05, 0.1) is 0 Å². The molecule has 2 aromatic rings. The van der Waals surface area contributed by atoms with Crippen molar-refractivity contribution in [3.63, 3.8) is 0 Å². The smallest absolute Gasteiger partial charge is 1.00 e. The summed E-state index contributed by atoms with van der Waals surface area (Å²) in [7, 11) is 0. The van der Waals surface area contributed by atoms with Crippen LogP contribution in [0.3, 0.4) is 0 Å². The molecule has 1 aliphatic carbocycles. The van der Waals surface area contributed by atoms with Crippen molar-refractivity contribution < 1.29 is 57.7 Å². The topological polar surface area (TPSA) is 0 Å². The Morgan fingerprint density at radius 2 is 1.27 bits per heavy atom. The zero-order valence-electron chi connectivity index (χ0n) is 17.9. The van der Waals surface area contributed by atoms with E-state index in [1.807, 2.05) is 0 Å². The van der Waals surface area contributed by atoms with Gasteiger partial charge < -0.3 is 37.2 Å². The molecule has 0 bridgehead atoms. The average Bonchev–Trinajstić information content (AvgIpc) is 3.09. The summed E-state index contributed by atoms with van der Waals surface area (Å²) in [5.74, 6) is 0. The van der Waals surface area contributed by atoms with Crippen LogP contribution in [0.2, 0.25) is 0 Å². The van der Waals surface area contributed by atoms with Gasteiger partial charge in [-0.15, -0.1) is 0 Å². The maximum Gasteiger partial charge on any atom is -1.00 e. The van der Waals surface area contributed by atoms with Crippen molar-refractivity contribution in [3.05, 3.63) is 92.9 Å². The van der Waals surface area contributed by atoms with Gasteiger partial charge in [-0.1, -0.05) is 0 Å². The van der Waals surface area contributed by atoms with E-state index in [4.69, 9.17) is 0 Å². The predicted molar refractivity (Wildman–Crippen MR) is 112 cm³/mol. The monoisotopic (exact) mass is 496 g/mol. The molecule has 0 heterocycles. The molecule has 0 aromatic heterocycles. The largest absolute Gasteiger partial charge is 1.00 e. The van der Waals surface area contributed by atoms with E-state index in [-0.39, 0.29) is 42.6 Å². The van der Waals surface area contributed by atoms with Crippen LogP contribution in [0.4, 0.5) is 0 Å². The van der Waals surface area contributed by atoms with Gasteiger partial charge in [0.25, 0.3) is 0 Å². The SMILES string of the molecule is CCCCC1=CCC(C(CCCC)(c2ccccc2)c2ccccc2)=[C]1[Ti+3].[Cl-].[Cl-].[Cl-]. The molecule has 0 spiro atoms. The first-order valence-electron chi connectivity index (χ1n) is 10.5. The quantitative estimate of drug-likeness (QED) is 0.370. The molecule has 1 aliphatic rings. The number of benzene rings is 2. The van der Waals surface area contributed by atoms with E-state index in [0.29, 0.717) is 0 Å².